The maximum atomic E-state index is 12.4. The lowest BCUT2D eigenvalue weighted by Crippen LogP contribution is -2.53. The third kappa shape index (κ3) is 3.40. The van der Waals surface area contributed by atoms with Crippen LogP contribution in [-0.4, -0.2) is 52.7 Å². The SMILES string of the molecule is O=C(O)C1COCCN1C(=O)Cc1coc(-c2ccccc2)n1. The summed E-state index contributed by atoms with van der Waals surface area (Å²) in [6, 6.07) is 8.41. The number of morpholine rings is 1. The van der Waals surface area contributed by atoms with Gasteiger partial charge in [-0.1, -0.05) is 18.2 Å². The number of hydrogen-bond acceptors (Lipinski definition) is 5. The van der Waals surface area contributed by atoms with E-state index in [1.807, 2.05) is 30.3 Å². The van der Waals surface area contributed by atoms with Gasteiger partial charge in [0.05, 0.1) is 25.3 Å². The van der Waals surface area contributed by atoms with E-state index in [4.69, 9.17) is 14.3 Å². The van der Waals surface area contributed by atoms with Gasteiger partial charge in [0.2, 0.25) is 11.8 Å². The summed E-state index contributed by atoms with van der Waals surface area (Å²) >= 11 is 0. The molecular weight excluding hydrogens is 300 g/mol. The first-order valence-electron chi connectivity index (χ1n) is 7.25. The fraction of sp³-hybridized carbons (Fsp3) is 0.312. The number of hydrogen-bond donors (Lipinski definition) is 1. The molecule has 1 saturated heterocycles. The average molecular weight is 316 g/mol. The standard InChI is InChI=1S/C16H16N2O5/c19-14(18-6-7-22-10-13(18)16(20)21)8-12-9-23-15(17-12)11-4-2-1-3-5-11/h1-5,9,13H,6-8,10H2,(H,20,21). The lowest BCUT2D eigenvalue weighted by molar-refractivity contribution is -0.158. The summed E-state index contributed by atoms with van der Waals surface area (Å²) in [4.78, 5) is 29.2. The van der Waals surface area contributed by atoms with Crippen molar-refractivity contribution >= 4 is 11.9 Å². The number of rotatable bonds is 4. The number of carbonyl (C=O) groups excluding carboxylic acids is 1. The molecule has 1 aromatic carbocycles. The molecule has 0 saturated carbocycles. The smallest absolute Gasteiger partial charge is 0.328 e. The number of benzene rings is 1. The molecule has 0 aliphatic carbocycles. The number of carboxylic acid groups (broad SMARTS) is 1. The van der Waals surface area contributed by atoms with Crippen molar-refractivity contribution in [3.8, 4) is 11.5 Å². The van der Waals surface area contributed by atoms with Crippen molar-refractivity contribution in [3.63, 3.8) is 0 Å². The molecular formula is C16H16N2O5. The van der Waals surface area contributed by atoms with Gasteiger partial charge in [-0.15, -0.1) is 0 Å². The summed E-state index contributed by atoms with van der Waals surface area (Å²) in [5, 5.41) is 9.17. The molecule has 1 aliphatic heterocycles. The van der Waals surface area contributed by atoms with Crippen molar-refractivity contribution in [2.75, 3.05) is 19.8 Å². The van der Waals surface area contributed by atoms with Crippen LogP contribution < -0.4 is 0 Å². The van der Waals surface area contributed by atoms with Crippen LogP contribution >= 0.6 is 0 Å². The molecule has 1 amide bonds. The van der Waals surface area contributed by atoms with Crippen LogP contribution in [0.5, 0.6) is 0 Å². The highest BCUT2D eigenvalue weighted by molar-refractivity contribution is 5.85. The molecule has 1 unspecified atom stereocenters. The van der Waals surface area contributed by atoms with Gasteiger partial charge in [0, 0.05) is 12.1 Å². The van der Waals surface area contributed by atoms with Crippen molar-refractivity contribution in [1.82, 2.24) is 9.88 Å². The van der Waals surface area contributed by atoms with E-state index in [1.165, 1.54) is 11.2 Å². The first kappa shape index (κ1) is 15.2. The van der Waals surface area contributed by atoms with E-state index in [0.29, 0.717) is 18.2 Å². The zero-order valence-corrected chi connectivity index (χ0v) is 12.3. The van der Waals surface area contributed by atoms with Gasteiger partial charge in [0.15, 0.2) is 6.04 Å². The molecule has 1 fully saturated rings. The Balaban J connectivity index is 1.70. The molecule has 1 aliphatic rings. The number of aromatic nitrogens is 1. The van der Waals surface area contributed by atoms with Crippen LogP contribution in [0.4, 0.5) is 0 Å². The van der Waals surface area contributed by atoms with Crippen LogP contribution in [0.3, 0.4) is 0 Å². The maximum absolute atomic E-state index is 12.4. The largest absolute Gasteiger partial charge is 0.480 e. The molecule has 1 aromatic heterocycles. The average Bonchev–Trinajstić information content (AvgIpc) is 3.04. The number of carbonyl (C=O) groups is 2. The van der Waals surface area contributed by atoms with E-state index in [1.54, 1.807) is 0 Å². The third-order valence-corrected chi connectivity index (χ3v) is 3.64. The van der Waals surface area contributed by atoms with Crippen LogP contribution in [0.2, 0.25) is 0 Å². The van der Waals surface area contributed by atoms with Gasteiger partial charge >= 0.3 is 5.97 Å². The second-order valence-electron chi connectivity index (χ2n) is 5.20. The van der Waals surface area contributed by atoms with E-state index in [-0.39, 0.29) is 25.5 Å². The third-order valence-electron chi connectivity index (χ3n) is 3.64. The minimum atomic E-state index is -1.07. The summed E-state index contributed by atoms with van der Waals surface area (Å²) in [6.07, 6.45) is 1.43. The fourth-order valence-electron chi connectivity index (χ4n) is 2.46. The molecule has 7 heteroatoms. The van der Waals surface area contributed by atoms with E-state index in [9.17, 15) is 9.59 Å². The number of aliphatic carboxylic acids is 1. The van der Waals surface area contributed by atoms with E-state index in [0.717, 1.165) is 5.56 Å². The number of carboxylic acids is 1. The Kier molecular flexibility index (Phi) is 4.38. The van der Waals surface area contributed by atoms with Crippen molar-refractivity contribution < 1.29 is 23.8 Å². The van der Waals surface area contributed by atoms with Gasteiger partial charge < -0.3 is 19.2 Å². The minimum absolute atomic E-state index is 0.000113. The summed E-state index contributed by atoms with van der Waals surface area (Å²) < 4.78 is 10.5. The van der Waals surface area contributed by atoms with Gasteiger partial charge in [-0.25, -0.2) is 9.78 Å². The van der Waals surface area contributed by atoms with E-state index in [2.05, 4.69) is 4.98 Å². The Morgan fingerprint density at radius 2 is 2.09 bits per heavy atom. The second kappa shape index (κ2) is 6.62. The molecule has 1 atom stereocenters. The molecule has 1 N–H and O–H groups in total. The number of oxazole rings is 1. The molecule has 2 aromatic rings. The van der Waals surface area contributed by atoms with Gasteiger partial charge in [-0.05, 0) is 12.1 Å². The Bertz CT molecular complexity index is 698. The molecule has 120 valence electrons. The Labute approximate surface area is 132 Å². The first-order valence-corrected chi connectivity index (χ1v) is 7.25. The Hall–Kier alpha value is -2.67. The normalized spacial score (nSPS) is 17.9. The highest BCUT2D eigenvalue weighted by Gasteiger charge is 2.32. The molecule has 23 heavy (non-hydrogen) atoms. The van der Waals surface area contributed by atoms with Gasteiger partial charge in [0.25, 0.3) is 0 Å². The highest BCUT2D eigenvalue weighted by Crippen LogP contribution is 2.19. The van der Waals surface area contributed by atoms with Crippen LogP contribution in [-0.2, 0) is 20.7 Å². The lowest BCUT2D eigenvalue weighted by atomic mass is 10.2. The van der Waals surface area contributed by atoms with Crippen molar-refractivity contribution in [2.24, 2.45) is 0 Å². The van der Waals surface area contributed by atoms with E-state index < -0.39 is 12.0 Å². The second-order valence-corrected chi connectivity index (χ2v) is 5.20. The van der Waals surface area contributed by atoms with Crippen LogP contribution in [0.15, 0.2) is 41.0 Å². The van der Waals surface area contributed by atoms with Crippen LogP contribution in [0.1, 0.15) is 5.69 Å². The Morgan fingerprint density at radius 3 is 2.83 bits per heavy atom. The lowest BCUT2D eigenvalue weighted by Gasteiger charge is -2.32. The van der Waals surface area contributed by atoms with Gasteiger partial charge in [-0.3, -0.25) is 4.79 Å². The zero-order valence-electron chi connectivity index (χ0n) is 12.3. The predicted molar refractivity (Wildman–Crippen MR) is 79.6 cm³/mol. The minimum Gasteiger partial charge on any atom is -0.480 e. The molecule has 2 heterocycles. The highest BCUT2D eigenvalue weighted by atomic mass is 16.5. The predicted octanol–water partition coefficient (Wildman–Crippen LogP) is 1.20. The molecule has 0 radical (unpaired) electrons. The molecule has 0 spiro atoms. The maximum Gasteiger partial charge on any atom is 0.328 e. The topological polar surface area (TPSA) is 92.9 Å². The zero-order chi connectivity index (χ0) is 16.2. The summed E-state index contributed by atoms with van der Waals surface area (Å²) in [7, 11) is 0. The van der Waals surface area contributed by atoms with Gasteiger partial charge in [-0.2, -0.15) is 0 Å². The number of nitrogens with zero attached hydrogens (tertiary/aromatic N) is 2. The number of amides is 1. The number of ether oxygens (including phenoxy) is 1. The quantitative estimate of drug-likeness (QED) is 0.911. The van der Waals surface area contributed by atoms with E-state index >= 15 is 0 Å². The van der Waals surface area contributed by atoms with Crippen LogP contribution in [0, 0.1) is 0 Å². The fourth-order valence-corrected chi connectivity index (χ4v) is 2.46. The summed E-state index contributed by atoms with van der Waals surface area (Å²) in [5.74, 6) is -0.929. The van der Waals surface area contributed by atoms with Crippen molar-refractivity contribution in [2.45, 2.75) is 12.5 Å². The van der Waals surface area contributed by atoms with Gasteiger partial charge in [0.1, 0.15) is 6.26 Å². The molecule has 0 bridgehead atoms. The molecule has 3 rings (SSSR count). The van der Waals surface area contributed by atoms with Crippen molar-refractivity contribution in [1.29, 1.82) is 0 Å². The monoisotopic (exact) mass is 316 g/mol. The van der Waals surface area contributed by atoms with Crippen molar-refractivity contribution in [3.05, 3.63) is 42.3 Å². The molecule has 7 nitrogen and oxygen atoms in total. The summed E-state index contributed by atoms with van der Waals surface area (Å²) in [5.41, 5.74) is 1.30. The van der Waals surface area contributed by atoms with Crippen LogP contribution in [0.25, 0.3) is 11.5 Å². The summed E-state index contributed by atoms with van der Waals surface area (Å²) in [6.45, 7) is 0.609. The Morgan fingerprint density at radius 1 is 1.30 bits per heavy atom. The first-order chi connectivity index (χ1) is 11.1.